The van der Waals surface area contributed by atoms with Gasteiger partial charge in [0.25, 0.3) is 5.96 Å². The summed E-state index contributed by atoms with van der Waals surface area (Å²) in [7, 11) is -0.509. The van der Waals surface area contributed by atoms with Crippen molar-refractivity contribution in [3.8, 4) is 0 Å². The number of aliphatic imine (C=N–C) groups is 1. The van der Waals surface area contributed by atoms with Crippen LogP contribution in [0.1, 0.15) is 72.3 Å². The Hall–Kier alpha value is -3.22. The van der Waals surface area contributed by atoms with Crippen LogP contribution in [0.3, 0.4) is 0 Å². The number of carbonyl (C=O) groups excluding carboxylic acids is 1. The average molecular weight is 607 g/mol. The van der Waals surface area contributed by atoms with Crippen molar-refractivity contribution in [1.82, 2.24) is 16.1 Å². The number of nitrogens with two attached hydrogens (primary N) is 1. The molecule has 0 unspecified atom stereocenters. The van der Waals surface area contributed by atoms with Gasteiger partial charge in [0.2, 0.25) is 5.91 Å². The number of nitrogens with zero attached hydrogens (tertiary/aromatic N) is 2. The van der Waals surface area contributed by atoms with E-state index < -0.39 is 18.2 Å². The highest BCUT2D eigenvalue weighted by Crippen LogP contribution is 2.65. The summed E-state index contributed by atoms with van der Waals surface area (Å²) in [6.07, 6.45) is 3.89. The van der Waals surface area contributed by atoms with E-state index in [-0.39, 0.29) is 41.5 Å². The Kier molecular flexibility index (Phi) is 9.53. The Morgan fingerprint density at radius 3 is 2.64 bits per heavy atom. The summed E-state index contributed by atoms with van der Waals surface area (Å²) < 4.78 is 13.3. The van der Waals surface area contributed by atoms with Crippen LogP contribution in [0.25, 0.3) is 10.8 Å². The maximum absolute atomic E-state index is 13.9. The van der Waals surface area contributed by atoms with Gasteiger partial charge >= 0.3 is 7.12 Å². The second-order valence-corrected chi connectivity index (χ2v) is 14.0. The molecule has 1 aliphatic heterocycles. The van der Waals surface area contributed by atoms with Crippen molar-refractivity contribution in [3.05, 3.63) is 58.1 Å². The highest BCUT2D eigenvalue weighted by atomic mass is 16.7. The first-order valence-corrected chi connectivity index (χ1v) is 15.9. The molecule has 1 heterocycles. The molecule has 1 saturated heterocycles. The van der Waals surface area contributed by atoms with Gasteiger partial charge in [0.1, 0.15) is 0 Å². The second-order valence-electron chi connectivity index (χ2n) is 14.0. The van der Waals surface area contributed by atoms with Crippen molar-refractivity contribution in [2.75, 3.05) is 6.54 Å². The van der Waals surface area contributed by atoms with E-state index >= 15 is 0 Å². The predicted octanol–water partition coefficient (Wildman–Crippen LogP) is 3.97. The fourth-order valence-corrected chi connectivity index (χ4v) is 7.64. The molecule has 4 fully saturated rings. The van der Waals surface area contributed by atoms with Crippen LogP contribution in [0.15, 0.2) is 47.5 Å². The van der Waals surface area contributed by atoms with E-state index in [1.165, 1.54) is 6.42 Å². The van der Waals surface area contributed by atoms with Gasteiger partial charge < -0.3 is 25.7 Å². The average Bonchev–Trinajstić information content (AvgIpc) is 3.33. The molecule has 3 saturated carbocycles. The Balaban J connectivity index is 1.28. The maximum Gasteiger partial charge on any atom is 0.481 e. The van der Waals surface area contributed by atoms with Crippen LogP contribution >= 0.6 is 0 Å². The molecule has 5 N–H and O–H groups in total. The number of fused-ring (bicyclic) bond motifs is 1. The minimum Gasteiger partial charge on any atom is -0.404 e. The first-order valence-electron chi connectivity index (χ1n) is 15.9. The Labute approximate surface area is 260 Å². The smallest absolute Gasteiger partial charge is 0.404 e. The Morgan fingerprint density at radius 1 is 1.18 bits per heavy atom. The number of guanidine groups is 1. The summed E-state index contributed by atoms with van der Waals surface area (Å²) in [5.41, 5.74) is 8.38. The molecule has 1 amide bonds. The third-order valence-corrected chi connectivity index (χ3v) is 10.2. The fraction of sp³-hybridized carbons (Fsp3) is 0.625. The van der Waals surface area contributed by atoms with E-state index in [1.54, 1.807) is 0 Å². The lowest BCUT2D eigenvalue weighted by atomic mass is 9.43. The Morgan fingerprint density at radius 2 is 1.93 bits per heavy atom. The molecule has 238 valence electrons. The molecule has 4 aliphatic rings. The third-order valence-electron chi connectivity index (χ3n) is 10.2. The fourth-order valence-electron chi connectivity index (χ4n) is 7.64. The number of rotatable bonds is 13. The van der Waals surface area contributed by atoms with Crippen molar-refractivity contribution in [2.45, 2.75) is 97.0 Å². The number of amides is 1. The zero-order valence-corrected chi connectivity index (χ0v) is 26.5. The zero-order valence-electron chi connectivity index (χ0n) is 26.5. The minimum absolute atomic E-state index is 0.0359. The number of carbonyl (C=O) groups is 1. The van der Waals surface area contributed by atoms with Gasteiger partial charge in [0, 0.05) is 13.1 Å². The lowest BCUT2D eigenvalue weighted by molar-refractivity contribution is -0.525. The molecule has 2 aromatic rings. The van der Waals surface area contributed by atoms with Gasteiger partial charge in [-0.1, -0.05) is 69.5 Å². The SMILES string of the molecule is CC(C)C[C@H](NC(=O)[C@H](CCCN=C(N)N[N+](=O)[O-])NCc1ccc2ccccc2c1)B1O[C@@H]2C[C@H]3C[C@H](C3(C)C)[C@]2(C)O1. The van der Waals surface area contributed by atoms with E-state index in [9.17, 15) is 14.9 Å². The van der Waals surface area contributed by atoms with E-state index in [4.69, 9.17) is 15.0 Å². The summed E-state index contributed by atoms with van der Waals surface area (Å²) >= 11 is 0. The predicted molar refractivity (Wildman–Crippen MR) is 172 cm³/mol. The molecular formula is C32H47BN6O5. The third kappa shape index (κ3) is 6.87. The topological polar surface area (TPSA) is 153 Å². The number of hydrazine groups is 1. The molecule has 11 nitrogen and oxygen atoms in total. The van der Waals surface area contributed by atoms with Crippen LogP contribution in [0.5, 0.6) is 0 Å². The van der Waals surface area contributed by atoms with Gasteiger partial charge in [-0.2, -0.15) is 0 Å². The van der Waals surface area contributed by atoms with Gasteiger partial charge in [-0.25, -0.2) is 15.1 Å². The molecule has 2 aromatic carbocycles. The first kappa shape index (κ1) is 32.2. The number of nitro groups is 1. The highest BCUT2D eigenvalue weighted by molar-refractivity contribution is 6.47. The first-order chi connectivity index (χ1) is 20.9. The van der Waals surface area contributed by atoms with Gasteiger partial charge in [-0.05, 0) is 84.6 Å². The molecule has 0 spiro atoms. The van der Waals surface area contributed by atoms with E-state index in [2.05, 4.69) is 80.6 Å². The van der Waals surface area contributed by atoms with Gasteiger partial charge in [0.05, 0.1) is 23.7 Å². The summed E-state index contributed by atoms with van der Waals surface area (Å²) in [6.45, 7) is 11.9. The molecule has 44 heavy (non-hydrogen) atoms. The summed E-state index contributed by atoms with van der Waals surface area (Å²) in [4.78, 5) is 28.6. The number of hydrogen-bond acceptors (Lipinski definition) is 7. The largest absolute Gasteiger partial charge is 0.481 e. The van der Waals surface area contributed by atoms with Crippen LogP contribution in [0.4, 0.5) is 0 Å². The van der Waals surface area contributed by atoms with Crippen molar-refractivity contribution in [3.63, 3.8) is 0 Å². The van der Waals surface area contributed by atoms with Crippen LogP contribution in [0.2, 0.25) is 0 Å². The molecule has 6 rings (SSSR count). The molecular weight excluding hydrogens is 559 g/mol. The summed E-state index contributed by atoms with van der Waals surface area (Å²) in [6, 6.07) is 13.9. The van der Waals surface area contributed by atoms with Crippen LogP contribution in [0, 0.1) is 33.3 Å². The second kappa shape index (κ2) is 13.0. The highest BCUT2D eigenvalue weighted by Gasteiger charge is 2.68. The lowest BCUT2D eigenvalue weighted by Crippen LogP contribution is -2.65. The molecule has 3 aliphatic carbocycles. The lowest BCUT2D eigenvalue weighted by Gasteiger charge is -2.64. The van der Waals surface area contributed by atoms with E-state index in [1.807, 2.05) is 17.6 Å². The summed E-state index contributed by atoms with van der Waals surface area (Å²) in [5, 5.41) is 18.9. The zero-order chi connectivity index (χ0) is 31.6. The van der Waals surface area contributed by atoms with Crippen molar-refractivity contribution < 1.29 is 19.1 Å². The van der Waals surface area contributed by atoms with Gasteiger partial charge in [-0.15, -0.1) is 0 Å². The number of hydrogen-bond donors (Lipinski definition) is 4. The monoisotopic (exact) mass is 606 g/mol. The summed E-state index contributed by atoms with van der Waals surface area (Å²) in [5.74, 6) is 0.717. The van der Waals surface area contributed by atoms with Crippen LogP contribution < -0.4 is 21.8 Å². The molecule has 6 atom stereocenters. The molecule has 0 radical (unpaired) electrons. The standard InChI is InChI=1S/C32H47BN6O5/c1-20(2)15-28(33-43-27-18-24-17-26(31(24,3)4)32(27,5)44-33)37-29(40)25(11-8-14-35-30(34)38-39(41)42)36-19-21-12-13-22-9-6-7-10-23(22)16-21/h6-7,9-10,12-13,16,20,24-28,36H,8,11,14-15,17-19H2,1-5H3,(H,37,40)(H3,34,35,38)/t24-,25+,26-,27-,28+,32+/m1/s1. The number of nitrogens with one attached hydrogen (secondary N) is 3. The van der Waals surface area contributed by atoms with Gasteiger partial charge in [0.15, 0.2) is 5.03 Å². The van der Waals surface area contributed by atoms with Gasteiger partial charge in [-0.3, -0.25) is 4.79 Å². The van der Waals surface area contributed by atoms with Crippen molar-refractivity contribution in [2.24, 2.45) is 33.9 Å². The van der Waals surface area contributed by atoms with E-state index in [0.717, 1.165) is 29.2 Å². The molecule has 0 aromatic heterocycles. The van der Waals surface area contributed by atoms with E-state index in [0.29, 0.717) is 37.1 Å². The quantitative estimate of drug-likeness (QED) is 0.0668. The minimum atomic E-state index is -0.747. The normalized spacial score (nSPS) is 27.0. The molecule has 12 heteroatoms. The number of benzene rings is 2. The van der Waals surface area contributed by atoms with Crippen molar-refractivity contribution in [1.29, 1.82) is 0 Å². The van der Waals surface area contributed by atoms with Crippen LogP contribution in [-0.2, 0) is 20.6 Å². The van der Waals surface area contributed by atoms with Crippen molar-refractivity contribution >= 4 is 29.8 Å². The molecule has 2 bridgehead atoms. The Bertz CT molecular complexity index is 1390. The van der Waals surface area contributed by atoms with Crippen LogP contribution in [-0.4, -0.2) is 54.3 Å². The maximum atomic E-state index is 13.9.